The SMILES string of the molecule is CC(=O)OC1[C@@H](O)[C@@H](COP(=O)(O)O[C@@H]2C(OC(C)=O)[C@H](n3cnc4c(=O)[nH]c(C)nc43)O[C@@H]2CO)O[C@H]1n1cnc(N)nc1=O. The molecule has 23 heteroatoms. The molecule has 0 amide bonds. The Morgan fingerprint density at radius 2 is 1.65 bits per heavy atom. The molecule has 2 fully saturated rings. The summed E-state index contributed by atoms with van der Waals surface area (Å²) in [6, 6.07) is 0. The van der Waals surface area contributed by atoms with Gasteiger partial charge in [0.15, 0.2) is 35.8 Å². The molecule has 2 saturated heterocycles. The van der Waals surface area contributed by atoms with E-state index in [1.54, 1.807) is 0 Å². The van der Waals surface area contributed by atoms with Crippen LogP contribution in [0.25, 0.3) is 11.2 Å². The van der Waals surface area contributed by atoms with Gasteiger partial charge in [-0.1, -0.05) is 0 Å². The van der Waals surface area contributed by atoms with Gasteiger partial charge in [0.1, 0.15) is 36.6 Å². The van der Waals surface area contributed by atoms with Gasteiger partial charge in [0.25, 0.3) is 5.56 Å². The van der Waals surface area contributed by atoms with Crippen molar-refractivity contribution in [3.05, 3.63) is 39.3 Å². The van der Waals surface area contributed by atoms with Crippen LogP contribution in [0, 0.1) is 6.92 Å². The van der Waals surface area contributed by atoms with Gasteiger partial charge >= 0.3 is 25.5 Å². The minimum absolute atomic E-state index is 0.0269. The molecular weight excluding hydrogens is 643 g/mol. The van der Waals surface area contributed by atoms with Crippen molar-refractivity contribution >= 4 is 36.9 Å². The number of hydrogen-bond donors (Lipinski definition) is 5. The number of phosphoric acid groups is 1. The molecule has 0 aromatic carbocycles. The van der Waals surface area contributed by atoms with Crippen molar-refractivity contribution in [1.82, 2.24) is 34.1 Å². The lowest BCUT2D eigenvalue weighted by Gasteiger charge is -2.26. The number of H-pyrrole nitrogens is 1. The van der Waals surface area contributed by atoms with E-state index in [-0.39, 0.29) is 22.9 Å². The van der Waals surface area contributed by atoms with Gasteiger partial charge in [-0.05, 0) is 6.92 Å². The summed E-state index contributed by atoms with van der Waals surface area (Å²) in [6.45, 7) is 1.98. The number of nitrogens with two attached hydrogens (primary N) is 1. The molecule has 3 aromatic rings. The predicted octanol–water partition coefficient (Wildman–Crippen LogP) is -2.82. The minimum atomic E-state index is -5.16. The number of phosphoric ester groups is 1. The van der Waals surface area contributed by atoms with Crippen molar-refractivity contribution in [3.8, 4) is 0 Å². The standard InChI is InChI=1S/C23H29N8O14P/c1-8-27-18-13(19(36)28-8)25-6-30(18)21-17(42-10(3)34)15(11(4-32)43-21)45-46(38,39)40-5-12-14(35)16(41-9(2)33)20(44-12)31-7-26-22(24)29-23(31)37/h6-7,11-12,14-17,20-21,32,35H,4-5H2,1-3H3,(H,38,39)(H2,24,29,37)(H,27,28,36)/t11-,12-,14+,15+,16?,17?,20-,21-/m1/s1. The first-order chi connectivity index (χ1) is 21.7. The van der Waals surface area contributed by atoms with Crippen LogP contribution in [0.2, 0.25) is 0 Å². The zero-order valence-electron chi connectivity index (χ0n) is 24.2. The number of fused-ring (bicyclic) bond motifs is 1. The number of aliphatic hydroxyl groups excluding tert-OH is 2. The van der Waals surface area contributed by atoms with E-state index in [2.05, 4.69) is 24.9 Å². The van der Waals surface area contributed by atoms with Gasteiger partial charge < -0.3 is 44.8 Å². The maximum Gasteiger partial charge on any atom is 0.472 e. The zero-order chi connectivity index (χ0) is 33.5. The van der Waals surface area contributed by atoms with Crippen LogP contribution < -0.4 is 17.0 Å². The van der Waals surface area contributed by atoms with Gasteiger partial charge in [-0.2, -0.15) is 4.98 Å². The van der Waals surface area contributed by atoms with Gasteiger partial charge in [-0.15, -0.1) is 0 Å². The van der Waals surface area contributed by atoms with E-state index in [0.29, 0.717) is 0 Å². The number of aromatic nitrogens is 7. The summed E-state index contributed by atoms with van der Waals surface area (Å²) in [5.74, 6) is -1.82. The topological polar surface area (TPSA) is 305 Å². The first-order valence-electron chi connectivity index (χ1n) is 13.4. The van der Waals surface area contributed by atoms with E-state index in [4.69, 9.17) is 33.7 Å². The fourth-order valence-corrected chi connectivity index (χ4v) is 5.99. The molecule has 2 aliphatic heterocycles. The first kappa shape index (κ1) is 33.2. The number of carbonyl (C=O) groups is 2. The van der Waals surface area contributed by atoms with Crippen molar-refractivity contribution in [2.45, 2.75) is 69.9 Å². The van der Waals surface area contributed by atoms with Gasteiger partial charge in [0.2, 0.25) is 5.95 Å². The average Bonchev–Trinajstić information content (AvgIpc) is 3.61. The molecule has 0 bridgehead atoms. The van der Waals surface area contributed by atoms with Gasteiger partial charge in [0.05, 0.1) is 19.5 Å². The highest BCUT2D eigenvalue weighted by Gasteiger charge is 2.53. The molecule has 5 heterocycles. The van der Waals surface area contributed by atoms with Crippen molar-refractivity contribution < 1.29 is 57.3 Å². The number of esters is 2. The summed E-state index contributed by atoms with van der Waals surface area (Å²) in [5, 5.41) is 20.8. The summed E-state index contributed by atoms with van der Waals surface area (Å²) in [5.41, 5.74) is 3.84. The Morgan fingerprint density at radius 1 is 1.02 bits per heavy atom. The number of imidazole rings is 1. The molecule has 3 aromatic heterocycles. The number of carbonyl (C=O) groups excluding carboxylic acids is 2. The Balaban J connectivity index is 1.36. The molecule has 2 aliphatic rings. The molecule has 22 nitrogen and oxygen atoms in total. The van der Waals surface area contributed by atoms with Crippen molar-refractivity contribution in [2.24, 2.45) is 0 Å². The zero-order valence-corrected chi connectivity index (χ0v) is 25.1. The van der Waals surface area contributed by atoms with Crippen LogP contribution in [0.1, 0.15) is 32.1 Å². The fraction of sp³-hybridized carbons (Fsp3) is 0.565. The van der Waals surface area contributed by atoms with E-state index in [9.17, 15) is 38.8 Å². The third-order valence-corrected chi connectivity index (χ3v) is 7.87. The van der Waals surface area contributed by atoms with Crippen LogP contribution in [-0.4, -0.2) is 111 Å². The second-order valence-corrected chi connectivity index (χ2v) is 11.6. The summed E-state index contributed by atoms with van der Waals surface area (Å²) in [7, 11) is -5.16. The van der Waals surface area contributed by atoms with Crippen molar-refractivity contribution in [2.75, 3.05) is 18.9 Å². The predicted molar refractivity (Wildman–Crippen MR) is 146 cm³/mol. The molecule has 0 spiro atoms. The van der Waals surface area contributed by atoms with Crippen molar-refractivity contribution in [3.63, 3.8) is 0 Å². The van der Waals surface area contributed by atoms with E-state index in [1.165, 1.54) is 17.8 Å². The molecule has 46 heavy (non-hydrogen) atoms. The molecule has 0 aliphatic carbocycles. The smallest absolute Gasteiger partial charge is 0.455 e. The van der Waals surface area contributed by atoms with E-state index < -0.39 is 93.3 Å². The molecular formula is C23H29N8O14P. The number of rotatable bonds is 10. The lowest BCUT2D eigenvalue weighted by molar-refractivity contribution is -0.156. The summed E-state index contributed by atoms with van der Waals surface area (Å²) >= 11 is 0. The third kappa shape index (κ3) is 6.69. The molecule has 3 unspecified atom stereocenters. The molecule has 0 saturated carbocycles. The van der Waals surface area contributed by atoms with E-state index in [1.807, 2.05) is 0 Å². The highest BCUT2D eigenvalue weighted by atomic mass is 31.2. The van der Waals surface area contributed by atoms with Crippen LogP contribution in [-0.2, 0) is 42.1 Å². The van der Waals surface area contributed by atoms with Gasteiger partial charge in [-0.3, -0.25) is 32.6 Å². The Morgan fingerprint density at radius 3 is 2.30 bits per heavy atom. The summed E-state index contributed by atoms with van der Waals surface area (Å²) in [6.07, 6.45) is -9.87. The molecule has 5 rings (SSSR count). The maximum atomic E-state index is 13.2. The van der Waals surface area contributed by atoms with Crippen LogP contribution in [0.4, 0.5) is 5.95 Å². The highest BCUT2D eigenvalue weighted by molar-refractivity contribution is 7.47. The summed E-state index contributed by atoms with van der Waals surface area (Å²) in [4.78, 5) is 77.0. The van der Waals surface area contributed by atoms with E-state index >= 15 is 0 Å². The second-order valence-electron chi connectivity index (χ2n) is 10.2. The molecule has 9 atom stereocenters. The van der Waals surface area contributed by atoms with Crippen LogP contribution in [0.15, 0.2) is 22.2 Å². The second kappa shape index (κ2) is 12.9. The minimum Gasteiger partial charge on any atom is -0.455 e. The first-order valence-corrected chi connectivity index (χ1v) is 14.9. The number of ether oxygens (including phenoxy) is 4. The molecule has 0 radical (unpaired) electrons. The Kier molecular flexibility index (Phi) is 9.33. The van der Waals surface area contributed by atoms with E-state index in [0.717, 1.165) is 24.7 Å². The Bertz CT molecular complexity index is 1800. The number of nitrogen functional groups attached to an aromatic ring is 1. The number of nitrogens with zero attached hydrogens (tertiary/aromatic N) is 6. The number of nitrogens with one attached hydrogen (secondary N) is 1. The largest absolute Gasteiger partial charge is 0.472 e. The van der Waals surface area contributed by atoms with Crippen molar-refractivity contribution in [1.29, 1.82) is 0 Å². The number of hydrogen-bond acceptors (Lipinski definition) is 18. The maximum absolute atomic E-state index is 13.2. The fourth-order valence-electron chi connectivity index (χ4n) is 5.03. The van der Waals surface area contributed by atoms with Gasteiger partial charge in [-0.25, -0.2) is 24.3 Å². The number of aliphatic hydroxyl groups is 2. The molecule has 6 N–H and O–H groups in total. The Hall–Kier alpha value is -4.15. The number of aromatic amines is 1. The molecule has 250 valence electrons. The van der Waals surface area contributed by atoms with Gasteiger partial charge in [0, 0.05) is 13.8 Å². The Labute approximate surface area is 256 Å². The van der Waals surface area contributed by atoms with Crippen LogP contribution >= 0.6 is 7.82 Å². The quantitative estimate of drug-likeness (QED) is 0.107. The highest BCUT2D eigenvalue weighted by Crippen LogP contribution is 2.50. The lowest BCUT2D eigenvalue weighted by Crippen LogP contribution is -2.40. The number of aryl methyl sites for hydroxylation is 1. The lowest BCUT2D eigenvalue weighted by atomic mass is 10.1. The normalized spacial score (nSPS) is 29.1. The summed E-state index contributed by atoms with van der Waals surface area (Å²) < 4.78 is 47.5. The average molecular weight is 673 g/mol. The van der Waals surface area contributed by atoms with Crippen LogP contribution in [0.5, 0.6) is 0 Å². The number of anilines is 1. The third-order valence-electron chi connectivity index (χ3n) is 6.88. The monoisotopic (exact) mass is 672 g/mol. The van der Waals surface area contributed by atoms with Crippen LogP contribution in [0.3, 0.4) is 0 Å².